The number of benzene rings is 2. The number of quaternary nitrogens is 2. The number of allylic oxidation sites excluding steroid dienone is 2. The van der Waals surface area contributed by atoms with Gasteiger partial charge < -0.3 is 89.3 Å². The second-order valence-corrected chi connectivity index (χ2v) is 22.5. The average molecular weight is 1090 g/mol. The Kier molecular flexibility index (Phi) is 11.9. The fraction of sp³-hybridized carbons (Fsp3) is 0.519. The highest BCUT2D eigenvalue weighted by Crippen LogP contribution is 2.77. The molecule has 24 nitrogen and oxygen atoms in total. The van der Waals surface area contributed by atoms with Gasteiger partial charge in [-0.1, -0.05) is 25.4 Å². The number of carbonyl (C=O) groups is 2. The van der Waals surface area contributed by atoms with E-state index in [0.29, 0.717) is 0 Å². The Labute approximate surface area is 446 Å². The van der Waals surface area contributed by atoms with Crippen LogP contribution in [0.5, 0.6) is 23.0 Å². The molecule has 16 N–H and O–H groups in total. The van der Waals surface area contributed by atoms with Crippen molar-refractivity contribution in [3.8, 4) is 23.0 Å². The van der Waals surface area contributed by atoms with E-state index >= 15 is 19.8 Å². The standard InChI is InChI=1S/C54H64N6O18/c1-9-51-47-48-52(10-2,50(76-26-16-24(66)42(60(7)8)18(4)74-26)36-38(54(48,72)77-51)32-34(40(36)58-56)46(70)30-22(64)14-12-20(62)28(30)44(32)68)78-53(47,71)37-31-33(45(69)29-21(63)13-11-19(61)27(29)43(31)67)39(57-55)35(37)49(51)75-25-15-23(65)41(59(5)6)17(3)73-25/h11-14,17-18,23-26,41-42,47-50,57-58,61-66,69-72H,9-10,15-16,55-56H2,1-8H3. The first-order valence-corrected chi connectivity index (χ1v) is 26.1. The van der Waals surface area contributed by atoms with Gasteiger partial charge in [0.1, 0.15) is 46.4 Å². The van der Waals surface area contributed by atoms with Crippen molar-refractivity contribution < 1.29 is 99.9 Å². The quantitative estimate of drug-likeness (QED) is 0.0620. The van der Waals surface area contributed by atoms with Gasteiger partial charge in [0.2, 0.25) is 11.6 Å². The monoisotopic (exact) mass is 1080 g/mol. The van der Waals surface area contributed by atoms with E-state index in [1.54, 1.807) is 65.7 Å². The van der Waals surface area contributed by atoms with E-state index < -0.39 is 187 Å². The molecule has 16 unspecified atom stereocenters. The summed E-state index contributed by atoms with van der Waals surface area (Å²) in [6.45, 7) is 6.79. The van der Waals surface area contributed by atoms with Gasteiger partial charge in [0.05, 0.1) is 70.6 Å². The molecule has 0 aromatic heterocycles. The van der Waals surface area contributed by atoms with Crippen molar-refractivity contribution in [2.24, 2.45) is 23.5 Å². The first-order chi connectivity index (χ1) is 36.8. The lowest BCUT2D eigenvalue weighted by Gasteiger charge is -2.54. The number of aromatic hydroxyl groups is 4. The lowest BCUT2D eigenvalue weighted by Crippen LogP contribution is -2.90. The molecule has 418 valence electrons. The molecule has 0 bridgehead atoms. The van der Waals surface area contributed by atoms with Crippen molar-refractivity contribution in [2.75, 3.05) is 28.2 Å². The predicted octanol–water partition coefficient (Wildman–Crippen LogP) is -3.64. The number of hydrogen-bond acceptors (Lipinski definition) is 22. The number of aliphatic hydroxyl groups is 4. The number of hydrogen-bond donors (Lipinski definition) is 12. The Balaban J connectivity index is 1.17. The van der Waals surface area contributed by atoms with Crippen LogP contribution in [0, 0.1) is 11.8 Å². The fourth-order valence-corrected chi connectivity index (χ4v) is 15.7. The Morgan fingerprint density at radius 2 is 0.949 bits per heavy atom. The molecule has 0 spiro atoms. The van der Waals surface area contributed by atoms with E-state index in [4.69, 9.17) is 40.1 Å². The van der Waals surface area contributed by atoms with Crippen molar-refractivity contribution in [3.05, 3.63) is 102 Å². The minimum Gasteiger partial charge on any atom is -0.871 e. The number of nitrogens with two attached hydrogens (primary N) is 4. The summed E-state index contributed by atoms with van der Waals surface area (Å²) in [5.74, 6) is -2.58. The van der Waals surface area contributed by atoms with Gasteiger partial charge in [0, 0.05) is 57.4 Å². The average Bonchev–Trinajstić information content (AvgIpc) is 1.58. The summed E-state index contributed by atoms with van der Waals surface area (Å²) < 4.78 is 42.1. The topological polar surface area (TPSA) is 389 Å². The van der Waals surface area contributed by atoms with Crippen LogP contribution in [0.25, 0.3) is 11.5 Å². The summed E-state index contributed by atoms with van der Waals surface area (Å²) in [5, 5.41) is 128. The Morgan fingerprint density at radius 3 is 1.24 bits per heavy atom. The van der Waals surface area contributed by atoms with Crippen molar-refractivity contribution in [1.29, 1.82) is 0 Å². The number of carbonyl (C=O) groups excluding carboxylic acids is 2. The number of phenols is 4. The molecule has 6 aliphatic carbocycles. The zero-order valence-electron chi connectivity index (χ0n) is 43.9. The highest BCUT2D eigenvalue weighted by atomic mass is 16.7. The molecule has 2 saturated carbocycles. The maximum Gasteiger partial charge on any atom is 0.200 e. The second-order valence-electron chi connectivity index (χ2n) is 22.5. The lowest BCUT2D eigenvalue weighted by molar-refractivity contribution is -0.616. The summed E-state index contributed by atoms with van der Waals surface area (Å²) in [4.78, 5) is 34.5. The van der Waals surface area contributed by atoms with E-state index in [1.807, 2.05) is 0 Å². The molecule has 0 amide bonds. The van der Waals surface area contributed by atoms with E-state index in [-0.39, 0.29) is 59.4 Å². The number of aliphatic hydroxyl groups excluding tert-OH is 2. The Morgan fingerprint density at radius 1 is 0.615 bits per heavy atom. The predicted molar refractivity (Wildman–Crippen MR) is 262 cm³/mol. The van der Waals surface area contributed by atoms with Gasteiger partial charge in [-0.2, -0.15) is 11.7 Å². The minimum absolute atomic E-state index is 0.145. The van der Waals surface area contributed by atoms with Crippen LogP contribution in [0.3, 0.4) is 0 Å². The molecule has 4 saturated heterocycles. The molecule has 78 heavy (non-hydrogen) atoms. The fourth-order valence-electron chi connectivity index (χ4n) is 15.7. The Bertz CT molecular complexity index is 3020. The second kappa shape index (κ2) is 17.4. The van der Waals surface area contributed by atoms with Gasteiger partial charge in [-0.05, 0) is 79.1 Å². The van der Waals surface area contributed by atoms with Crippen LogP contribution in [0.4, 0.5) is 0 Å². The number of ether oxygens (including phenoxy) is 6. The minimum atomic E-state index is -2.89. The number of likely N-dealkylation sites (N-methyl/N-ethyl adjacent to an activating group) is 2. The molecular weight excluding hydrogens is 1020 g/mol. The van der Waals surface area contributed by atoms with Crippen LogP contribution in [-0.2, 0) is 28.4 Å². The van der Waals surface area contributed by atoms with Crippen LogP contribution < -0.4 is 32.7 Å². The van der Waals surface area contributed by atoms with Crippen LogP contribution in [-0.4, -0.2) is 174 Å². The molecule has 2 aromatic rings. The van der Waals surface area contributed by atoms with Gasteiger partial charge in [0.15, 0.2) is 35.5 Å². The first kappa shape index (κ1) is 53.0. The number of Topliss-reactive ketones (excluding diaryl/α,β-unsaturated/α-hetero) is 2. The maximum absolute atomic E-state index is 15.4. The third-order valence-electron chi connectivity index (χ3n) is 18.4. The molecule has 24 heteroatoms. The van der Waals surface area contributed by atoms with E-state index in [0.717, 1.165) is 35.1 Å². The highest BCUT2D eigenvalue weighted by Gasteiger charge is 2.88. The molecular formula is C54H64N6O18. The van der Waals surface area contributed by atoms with Crippen molar-refractivity contribution in [3.63, 3.8) is 0 Å². The van der Waals surface area contributed by atoms with E-state index in [2.05, 4.69) is 0 Å². The van der Waals surface area contributed by atoms with Gasteiger partial charge in [0.25, 0.3) is 0 Å². The molecule has 16 atom stereocenters. The van der Waals surface area contributed by atoms with E-state index in [1.165, 1.54) is 0 Å². The summed E-state index contributed by atoms with van der Waals surface area (Å²) in [6, 6.07) is 3.13. The van der Waals surface area contributed by atoms with Crippen LogP contribution >= 0.6 is 0 Å². The maximum atomic E-state index is 15.4. The molecule has 6 fully saturated rings. The van der Waals surface area contributed by atoms with Crippen LogP contribution in [0.1, 0.15) is 85.2 Å². The van der Waals surface area contributed by atoms with Crippen LogP contribution in [0.15, 0.2) is 80.2 Å². The third kappa shape index (κ3) is 6.38. The lowest BCUT2D eigenvalue weighted by atomic mass is 9.56. The van der Waals surface area contributed by atoms with Gasteiger partial charge in [-0.15, -0.1) is 0 Å². The third-order valence-corrected chi connectivity index (χ3v) is 18.4. The molecule has 4 aliphatic heterocycles. The zero-order valence-corrected chi connectivity index (χ0v) is 43.9. The molecule has 2 aromatic carbocycles. The number of nitrogens with zero attached hydrogens (tertiary/aromatic N) is 2. The zero-order chi connectivity index (χ0) is 56.1. The number of ketones is 2. The van der Waals surface area contributed by atoms with Gasteiger partial charge in [-0.3, -0.25) is 9.59 Å². The summed E-state index contributed by atoms with van der Waals surface area (Å²) in [7, 11) is 7.09. The van der Waals surface area contributed by atoms with Gasteiger partial charge in [-0.25, -0.2) is 10.9 Å². The van der Waals surface area contributed by atoms with Gasteiger partial charge >= 0.3 is 0 Å². The smallest absolute Gasteiger partial charge is 0.200 e. The summed E-state index contributed by atoms with van der Waals surface area (Å²) in [6.07, 6.45) is -10.3. The summed E-state index contributed by atoms with van der Waals surface area (Å²) in [5.41, 5.74) is -7.66. The van der Waals surface area contributed by atoms with Crippen molar-refractivity contribution in [2.45, 2.75) is 137 Å². The Hall–Kier alpha value is -5.62. The van der Waals surface area contributed by atoms with Crippen molar-refractivity contribution >= 4 is 23.1 Å². The number of rotatable bonds is 10. The summed E-state index contributed by atoms with van der Waals surface area (Å²) >= 11 is 0. The largest absolute Gasteiger partial charge is 0.871 e. The van der Waals surface area contributed by atoms with Crippen LogP contribution in [0.2, 0.25) is 0 Å². The SMILES string of the molecule is CCC12OC3(O)C4=C5C(=O)c6c(O)ccc(O)c6C([O-])=C5C([NH2+]N)=C4C(OC4CC(O)C(N(C)C)C(C)O4)C4(CC)OC(O)(C5=C6C(=O)c7c(O)ccc(O)c7C([O-])=C6C([NH2+]N)=C5C1OC1CC(O)C(N(C)C)C(C)O1)C2C34. The molecule has 12 rings (SSSR count). The number of phenolic OH excluding ortho intramolecular Hbond substituents is 4. The molecule has 10 aliphatic rings. The first-order valence-electron chi connectivity index (χ1n) is 26.1. The van der Waals surface area contributed by atoms with Crippen molar-refractivity contribution in [1.82, 2.24) is 9.80 Å². The molecule has 4 heterocycles. The number of fused-ring (bicyclic) bond motifs is 8. The highest BCUT2D eigenvalue weighted by molar-refractivity contribution is 6.23. The molecule has 0 radical (unpaired) electrons. The normalized spacial score (nSPS) is 39.4. The van der Waals surface area contributed by atoms with E-state index in [9.17, 15) is 40.9 Å².